The van der Waals surface area contributed by atoms with Crippen molar-refractivity contribution in [3.63, 3.8) is 0 Å². The minimum Gasteiger partial charge on any atom is -0.478 e. The molecule has 0 bridgehead atoms. The number of hydrogen-bond acceptors (Lipinski definition) is 4. The van der Waals surface area contributed by atoms with E-state index >= 15 is 0 Å². The van der Waals surface area contributed by atoms with Crippen LogP contribution in [0.2, 0.25) is 5.02 Å². The van der Waals surface area contributed by atoms with E-state index in [0.29, 0.717) is 15.2 Å². The van der Waals surface area contributed by atoms with Crippen LogP contribution in [-0.2, 0) is 4.79 Å². The van der Waals surface area contributed by atoms with Crippen LogP contribution in [-0.4, -0.2) is 23.1 Å². The molecule has 0 heterocycles. The average molecular weight is 400 g/mol. The summed E-state index contributed by atoms with van der Waals surface area (Å²) in [7, 11) is 0. The van der Waals surface area contributed by atoms with E-state index in [2.05, 4.69) is 15.9 Å². The van der Waals surface area contributed by atoms with Gasteiger partial charge in [-0.3, -0.25) is 0 Å². The van der Waals surface area contributed by atoms with Crippen LogP contribution in [0.1, 0.15) is 17.3 Å². The van der Waals surface area contributed by atoms with Crippen LogP contribution in [0.15, 0.2) is 46.9 Å². The number of para-hydroxylation sites is 1. The Morgan fingerprint density at radius 1 is 1.17 bits per heavy atom. The molecule has 1 N–H and O–H groups in total. The molecule has 1 atom stereocenters. The number of carbonyl (C=O) groups excluding carboxylic acids is 1. The van der Waals surface area contributed by atoms with Gasteiger partial charge in [0.05, 0.1) is 15.1 Å². The lowest BCUT2D eigenvalue weighted by molar-refractivity contribution is -0.141. The molecule has 0 aromatic heterocycles. The first kappa shape index (κ1) is 17.3. The Kier molecular flexibility index (Phi) is 5.63. The van der Waals surface area contributed by atoms with Crippen molar-refractivity contribution in [2.75, 3.05) is 0 Å². The zero-order valence-electron chi connectivity index (χ0n) is 12.0. The van der Waals surface area contributed by atoms with E-state index in [0.717, 1.165) is 0 Å². The minimum atomic E-state index is -1.07. The predicted octanol–water partition coefficient (Wildman–Crippen LogP) is 4.17. The Labute approximate surface area is 145 Å². The Morgan fingerprint density at radius 3 is 2.48 bits per heavy atom. The lowest BCUT2D eigenvalue weighted by Gasteiger charge is -2.15. The Balaban J connectivity index is 2.07. The van der Waals surface area contributed by atoms with E-state index in [9.17, 15) is 9.59 Å². The van der Waals surface area contributed by atoms with E-state index in [-0.39, 0.29) is 11.3 Å². The summed E-state index contributed by atoms with van der Waals surface area (Å²) in [5, 5.41) is 9.29. The standard InChI is InChI=1S/C16H12BrClO5/c1-9(22-14-5-3-2-4-12(14)18)16(21)23-13-7-6-10(15(19)20)8-11(13)17/h2-9H,1H3,(H,19,20). The molecule has 120 valence electrons. The van der Waals surface area contributed by atoms with Crippen molar-refractivity contribution in [3.8, 4) is 11.5 Å². The Hall–Kier alpha value is -2.05. The smallest absolute Gasteiger partial charge is 0.352 e. The van der Waals surface area contributed by atoms with Gasteiger partial charge in [-0.25, -0.2) is 9.59 Å². The van der Waals surface area contributed by atoms with Gasteiger partial charge in [0.1, 0.15) is 11.5 Å². The SMILES string of the molecule is CC(Oc1ccccc1Cl)C(=O)Oc1ccc(C(=O)O)cc1Br. The summed E-state index contributed by atoms with van der Waals surface area (Å²) in [6.07, 6.45) is -0.888. The molecule has 23 heavy (non-hydrogen) atoms. The van der Waals surface area contributed by atoms with Crippen LogP contribution >= 0.6 is 27.5 Å². The van der Waals surface area contributed by atoms with Gasteiger partial charge in [0.2, 0.25) is 0 Å². The van der Waals surface area contributed by atoms with Crippen molar-refractivity contribution < 1.29 is 24.2 Å². The Bertz CT molecular complexity index is 747. The molecule has 0 saturated heterocycles. The monoisotopic (exact) mass is 398 g/mol. The van der Waals surface area contributed by atoms with Gasteiger partial charge in [-0.1, -0.05) is 23.7 Å². The van der Waals surface area contributed by atoms with Gasteiger partial charge in [-0.15, -0.1) is 0 Å². The molecular weight excluding hydrogens is 388 g/mol. The molecule has 0 fully saturated rings. The van der Waals surface area contributed by atoms with Crippen LogP contribution in [0.4, 0.5) is 0 Å². The van der Waals surface area contributed by atoms with Gasteiger partial charge in [-0.2, -0.15) is 0 Å². The van der Waals surface area contributed by atoms with Crippen molar-refractivity contribution in [1.82, 2.24) is 0 Å². The summed E-state index contributed by atoms with van der Waals surface area (Å²) in [5.74, 6) is -1.12. The highest BCUT2D eigenvalue weighted by molar-refractivity contribution is 9.10. The summed E-state index contributed by atoms with van der Waals surface area (Å²) >= 11 is 9.13. The fourth-order valence-corrected chi connectivity index (χ4v) is 2.33. The molecule has 5 nitrogen and oxygen atoms in total. The number of aromatic carboxylic acids is 1. The van der Waals surface area contributed by atoms with Crippen LogP contribution in [0.25, 0.3) is 0 Å². The van der Waals surface area contributed by atoms with Gasteiger partial charge in [0.25, 0.3) is 0 Å². The van der Waals surface area contributed by atoms with Crippen LogP contribution < -0.4 is 9.47 Å². The first-order valence-electron chi connectivity index (χ1n) is 6.54. The number of halogens is 2. The quantitative estimate of drug-likeness (QED) is 0.603. The topological polar surface area (TPSA) is 72.8 Å². The van der Waals surface area contributed by atoms with Gasteiger partial charge in [0, 0.05) is 0 Å². The molecule has 2 rings (SSSR count). The van der Waals surface area contributed by atoms with Gasteiger partial charge < -0.3 is 14.6 Å². The summed E-state index contributed by atoms with van der Waals surface area (Å²) in [6.45, 7) is 1.53. The number of ether oxygens (including phenoxy) is 2. The molecular formula is C16H12BrClO5. The second-order valence-electron chi connectivity index (χ2n) is 4.56. The average Bonchev–Trinajstić information content (AvgIpc) is 2.51. The number of esters is 1. The van der Waals surface area contributed by atoms with Crippen molar-refractivity contribution in [1.29, 1.82) is 0 Å². The first-order chi connectivity index (χ1) is 10.9. The van der Waals surface area contributed by atoms with E-state index < -0.39 is 18.0 Å². The molecule has 2 aromatic rings. The fourth-order valence-electron chi connectivity index (χ4n) is 1.69. The molecule has 2 aromatic carbocycles. The molecule has 1 unspecified atom stereocenters. The lowest BCUT2D eigenvalue weighted by atomic mass is 10.2. The van der Waals surface area contributed by atoms with Crippen LogP contribution in [0.3, 0.4) is 0 Å². The molecule has 0 spiro atoms. The van der Waals surface area contributed by atoms with Crippen molar-refractivity contribution in [3.05, 3.63) is 57.5 Å². The summed E-state index contributed by atoms with van der Waals surface area (Å²) in [5.41, 5.74) is 0.0806. The van der Waals surface area contributed by atoms with E-state index in [4.69, 9.17) is 26.2 Å². The largest absolute Gasteiger partial charge is 0.478 e. The number of hydrogen-bond donors (Lipinski definition) is 1. The van der Waals surface area contributed by atoms with Crippen molar-refractivity contribution >= 4 is 39.5 Å². The maximum atomic E-state index is 12.1. The highest BCUT2D eigenvalue weighted by Crippen LogP contribution is 2.28. The third-order valence-corrected chi connectivity index (χ3v) is 3.79. The summed E-state index contributed by atoms with van der Waals surface area (Å²) in [4.78, 5) is 22.9. The van der Waals surface area contributed by atoms with E-state index in [1.807, 2.05) is 0 Å². The number of benzene rings is 2. The molecule has 0 amide bonds. The first-order valence-corrected chi connectivity index (χ1v) is 7.71. The van der Waals surface area contributed by atoms with Gasteiger partial charge >= 0.3 is 11.9 Å². The second-order valence-corrected chi connectivity index (χ2v) is 5.82. The van der Waals surface area contributed by atoms with E-state index in [1.165, 1.54) is 25.1 Å². The molecule has 0 aliphatic carbocycles. The Morgan fingerprint density at radius 2 is 1.87 bits per heavy atom. The molecule has 0 aliphatic heterocycles. The second kappa shape index (κ2) is 7.48. The zero-order valence-corrected chi connectivity index (χ0v) is 14.3. The van der Waals surface area contributed by atoms with Crippen LogP contribution in [0, 0.1) is 0 Å². The molecule has 0 aliphatic rings. The molecule has 0 saturated carbocycles. The zero-order chi connectivity index (χ0) is 17.0. The maximum Gasteiger partial charge on any atom is 0.352 e. The van der Waals surface area contributed by atoms with Crippen molar-refractivity contribution in [2.24, 2.45) is 0 Å². The minimum absolute atomic E-state index is 0.0806. The number of carbonyl (C=O) groups is 2. The third-order valence-electron chi connectivity index (χ3n) is 2.86. The van der Waals surface area contributed by atoms with Crippen LogP contribution in [0.5, 0.6) is 11.5 Å². The fraction of sp³-hybridized carbons (Fsp3) is 0.125. The van der Waals surface area contributed by atoms with Gasteiger partial charge in [-0.05, 0) is 53.2 Å². The number of carboxylic acids is 1. The third kappa shape index (κ3) is 4.46. The van der Waals surface area contributed by atoms with E-state index in [1.54, 1.807) is 24.3 Å². The highest BCUT2D eigenvalue weighted by atomic mass is 79.9. The number of rotatable bonds is 5. The summed E-state index contributed by atoms with van der Waals surface area (Å²) in [6, 6.07) is 10.9. The summed E-state index contributed by atoms with van der Waals surface area (Å²) < 4.78 is 11.0. The van der Waals surface area contributed by atoms with Gasteiger partial charge in [0.15, 0.2) is 6.10 Å². The molecule has 0 radical (unpaired) electrons. The maximum absolute atomic E-state index is 12.1. The predicted molar refractivity (Wildman–Crippen MR) is 88.3 cm³/mol. The highest BCUT2D eigenvalue weighted by Gasteiger charge is 2.20. The lowest BCUT2D eigenvalue weighted by Crippen LogP contribution is -2.28. The number of carboxylic acid groups (broad SMARTS) is 1. The normalized spacial score (nSPS) is 11.6. The molecule has 7 heteroatoms. The van der Waals surface area contributed by atoms with Crippen molar-refractivity contribution in [2.45, 2.75) is 13.0 Å².